The van der Waals surface area contributed by atoms with Crippen molar-refractivity contribution >= 4 is 11.7 Å². The zero-order chi connectivity index (χ0) is 12.5. The Hall–Kier alpha value is -1.58. The van der Waals surface area contributed by atoms with Crippen molar-refractivity contribution in [3.8, 4) is 0 Å². The molecule has 2 rings (SSSR count). The van der Waals surface area contributed by atoms with E-state index in [0.29, 0.717) is 11.7 Å². The summed E-state index contributed by atoms with van der Waals surface area (Å²) in [6.07, 6.45) is 2.39. The van der Waals surface area contributed by atoms with E-state index in [0.717, 1.165) is 5.82 Å². The van der Waals surface area contributed by atoms with Crippen LogP contribution in [0.5, 0.6) is 0 Å². The summed E-state index contributed by atoms with van der Waals surface area (Å²) in [7, 11) is 0. The van der Waals surface area contributed by atoms with Crippen molar-refractivity contribution in [1.82, 2.24) is 10.3 Å². The first-order chi connectivity index (χ1) is 7.94. The lowest BCUT2D eigenvalue weighted by molar-refractivity contribution is 0.0914. The van der Waals surface area contributed by atoms with Gasteiger partial charge in [0.25, 0.3) is 5.91 Å². The molecule has 17 heavy (non-hydrogen) atoms. The second kappa shape index (κ2) is 4.35. The summed E-state index contributed by atoms with van der Waals surface area (Å²) in [6.45, 7) is 5.87. The SMILES string of the molecule is CC(C)(C)NC(=O)c1cccc(NC2CC2)n1. The van der Waals surface area contributed by atoms with Crippen molar-refractivity contribution in [3.05, 3.63) is 23.9 Å². The summed E-state index contributed by atoms with van der Waals surface area (Å²) in [5, 5.41) is 6.19. The molecule has 2 N–H and O–H groups in total. The van der Waals surface area contributed by atoms with E-state index in [2.05, 4.69) is 15.6 Å². The molecule has 1 amide bonds. The van der Waals surface area contributed by atoms with Crippen LogP contribution in [0.4, 0.5) is 5.82 Å². The lowest BCUT2D eigenvalue weighted by Crippen LogP contribution is -2.40. The van der Waals surface area contributed by atoms with Gasteiger partial charge in [-0.1, -0.05) is 6.07 Å². The second-order valence-electron chi connectivity index (χ2n) is 5.53. The maximum absolute atomic E-state index is 11.9. The van der Waals surface area contributed by atoms with Gasteiger partial charge in [0.05, 0.1) is 0 Å². The minimum atomic E-state index is -0.237. The van der Waals surface area contributed by atoms with Crippen LogP contribution in [0.3, 0.4) is 0 Å². The van der Waals surface area contributed by atoms with Gasteiger partial charge in [-0.15, -0.1) is 0 Å². The number of anilines is 1. The molecule has 0 aromatic carbocycles. The van der Waals surface area contributed by atoms with Crippen molar-refractivity contribution in [1.29, 1.82) is 0 Å². The van der Waals surface area contributed by atoms with Gasteiger partial charge in [-0.3, -0.25) is 4.79 Å². The molecular formula is C13H19N3O. The molecule has 0 aliphatic heterocycles. The second-order valence-corrected chi connectivity index (χ2v) is 5.53. The van der Waals surface area contributed by atoms with E-state index in [4.69, 9.17) is 0 Å². The number of nitrogens with zero attached hydrogens (tertiary/aromatic N) is 1. The number of aromatic nitrogens is 1. The molecule has 1 aliphatic carbocycles. The van der Waals surface area contributed by atoms with Crippen molar-refractivity contribution < 1.29 is 4.79 Å². The fraction of sp³-hybridized carbons (Fsp3) is 0.538. The highest BCUT2D eigenvalue weighted by molar-refractivity contribution is 5.93. The van der Waals surface area contributed by atoms with E-state index < -0.39 is 0 Å². The third-order valence-corrected chi connectivity index (χ3v) is 2.40. The highest BCUT2D eigenvalue weighted by Gasteiger charge is 2.22. The van der Waals surface area contributed by atoms with Gasteiger partial charge < -0.3 is 10.6 Å². The molecule has 0 saturated heterocycles. The van der Waals surface area contributed by atoms with Crippen molar-refractivity contribution in [2.45, 2.75) is 45.2 Å². The number of amides is 1. The average Bonchev–Trinajstić information content (AvgIpc) is 2.99. The van der Waals surface area contributed by atoms with Gasteiger partial charge in [0.1, 0.15) is 11.5 Å². The van der Waals surface area contributed by atoms with Crippen LogP contribution in [0.15, 0.2) is 18.2 Å². The highest BCUT2D eigenvalue weighted by Crippen LogP contribution is 2.23. The third-order valence-electron chi connectivity index (χ3n) is 2.40. The molecule has 1 aromatic rings. The van der Waals surface area contributed by atoms with E-state index >= 15 is 0 Å². The summed E-state index contributed by atoms with van der Waals surface area (Å²) in [6, 6.07) is 6.03. The Bertz CT molecular complexity index is 419. The van der Waals surface area contributed by atoms with Crippen LogP contribution in [-0.2, 0) is 0 Å². The molecule has 1 aromatic heterocycles. The molecule has 0 bridgehead atoms. The number of carbonyl (C=O) groups excluding carboxylic acids is 1. The molecule has 1 heterocycles. The Morgan fingerprint density at radius 2 is 2.06 bits per heavy atom. The van der Waals surface area contributed by atoms with Gasteiger partial charge in [-0.25, -0.2) is 4.98 Å². The normalized spacial score (nSPS) is 15.5. The van der Waals surface area contributed by atoms with E-state index in [9.17, 15) is 4.79 Å². The van der Waals surface area contributed by atoms with E-state index in [1.807, 2.05) is 32.9 Å². The van der Waals surface area contributed by atoms with Crippen LogP contribution in [0.25, 0.3) is 0 Å². The molecule has 1 fully saturated rings. The predicted molar refractivity (Wildman–Crippen MR) is 68.1 cm³/mol. The van der Waals surface area contributed by atoms with Crippen molar-refractivity contribution in [2.75, 3.05) is 5.32 Å². The van der Waals surface area contributed by atoms with Gasteiger partial charge in [0, 0.05) is 11.6 Å². The third kappa shape index (κ3) is 3.73. The Balaban J connectivity index is 2.06. The Morgan fingerprint density at radius 3 is 2.65 bits per heavy atom. The number of pyridine rings is 1. The van der Waals surface area contributed by atoms with Crippen LogP contribution in [0, 0.1) is 0 Å². The largest absolute Gasteiger partial charge is 0.367 e. The summed E-state index contributed by atoms with van der Waals surface area (Å²) in [4.78, 5) is 16.2. The first kappa shape index (κ1) is 11.9. The highest BCUT2D eigenvalue weighted by atomic mass is 16.2. The molecule has 0 radical (unpaired) electrons. The molecule has 0 spiro atoms. The molecule has 0 unspecified atom stereocenters. The molecule has 92 valence electrons. The van der Waals surface area contributed by atoms with Gasteiger partial charge in [-0.2, -0.15) is 0 Å². The van der Waals surface area contributed by atoms with Crippen LogP contribution in [0.1, 0.15) is 44.1 Å². The van der Waals surface area contributed by atoms with Gasteiger partial charge in [-0.05, 0) is 45.7 Å². The number of hydrogen-bond donors (Lipinski definition) is 2. The van der Waals surface area contributed by atoms with Gasteiger partial charge >= 0.3 is 0 Å². The average molecular weight is 233 g/mol. The molecule has 0 atom stereocenters. The number of rotatable bonds is 3. The number of nitrogens with one attached hydrogen (secondary N) is 2. The Morgan fingerprint density at radius 1 is 1.35 bits per heavy atom. The first-order valence-corrected chi connectivity index (χ1v) is 6.00. The number of hydrogen-bond acceptors (Lipinski definition) is 3. The first-order valence-electron chi connectivity index (χ1n) is 6.00. The van der Waals surface area contributed by atoms with Crippen molar-refractivity contribution in [2.24, 2.45) is 0 Å². The summed E-state index contributed by atoms with van der Waals surface area (Å²) in [5.74, 6) is 0.658. The predicted octanol–water partition coefficient (Wildman–Crippen LogP) is 2.18. The van der Waals surface area contributed by atoms with Gasteiger partial charge in [0.15, 0.2) is 0 Å². The monoisotopic (exact) mass is 233 g/mol. The Labute approximate surface area is 102 Å². The van der Waals surface area contributed by atoms with Crippen LogP contribution >= 0.6 is 0 Å². The van der Waals surface area contributed by atoms with Crippen LogP contribution in [-0.4, -0.2) is 22.5 Å². The number of carbonyl (C=O) groups is 1. The van der Waals surface area contributed by atoms with Crippen LogP contribution < -0.4 is 10.6 Å². The summed E-state index contributed by atoms with van der Waals surface area (Å²) >= 11 is 0. The molecule has 4 heteroatoms. The zero-order valence-corrected chi connectivity index (χ0v) is 10.6. The van der Waals surface area contributed by atoms with E-state index in [1.54, 1.807) is 6.07 Å². The molecule has 1 aliphatic rings. The fourth-order valence-electron chi connectivity index (χ4n) is 1.48. The Kier molecular flexibility index (Phi) is 3.05. The lowest BCUT2D eigenvalue weighted by atomic mass is 10.1. The summed E-state index contributed by atoms with van der Waals surface area (Å²) in [5.41, 5.74) is 0.226. The van der Waals surface area contributed by atoms with Crippen molar-refractivity contribution in [3.63, 3.8) is 0 Å². The minimum Gasteiger partial charge on any atom is -0.367 e. The standard InChI is InChI=1S/C13H19N3O/c1-13(2,3)16-12(17)10-5-4-6-11(15-10)14-9-7-8-9/h4-6,9H,7-8H2,1-3H3,(H,14,15)(H,16,17). The van der Waals surface area contributed by atoms with Crippen LogP contribution in [0.2, 0.25) is 0 Å². The molecular weight excluding hydrogens is 214 g/mol. The van der Waals surface area contributed by atoms with E-state index in [-0.39, 0.29) is 11.4 Å². The quantitative estimate of drug-likeness (QED) is 0.841. The fourth-order valence-corrected chi connectivity index (χ4v) is 1.48. The maximum Gasteiger partial charge on any atom is 0.270 e. The topological polar surface area (TPSA) is 54.0 Å². The minimum absolute atomic E-state index is 0.128. The maximum atomic E-state index is 11.9. The smallest absolute Gasteiger partial charge is 0.270 e. The molecule has 4 nitrogen and oxygen atoms in total. The zero-order valence-electron chi connectivity index (χ0n) is 10.6. The van der Waals surface area contributed by atoms with E-state index in [1.165, 1.54) is 12.8 Å². The summed E-state index contributed by atoms with van der Waals surface area (Å²) < 4.78 is 0. The lowest BCUT2D eigenvalue weighted by Gasteiger charge is -2.20. The molecule has 1 saturated carbocycles. The van der Waals surface area contributed by atoms with Gasteiger partial charge in [0.2, 0.25) is 0 Å².